The van der Waals surface area contributed by atoms with Crippen LogP contribution in [0.1, 0.15) is 0 Å². The van der Waals surface area contributed by atoms with Crippen LogP contribution in [-0.2, 0) is 0 Å². The molecule has 1 aromatic carbocycles. The van der Waals surface area contributed by atoms with Gasteiger partial charge in [-0.3, -0.25) is 0 Å². The van der Waals surface area contributed by atoms with Gasteiger partial charge in [-0.05, 0) is 12.1 Å². The molecule has 0 saturated carbocycles. The number of nitrogens with zero attached hydrogens (tertiary/aromatic N) is 2. The lowest BCUT2D eigenvalue weighted by Gasteiger charge is -2.05. The van der Waals surface area contributed by atoms with E-state index in [1.54, 1.807) is 12.1 Å². The van der Waals surface area contributed by atoms with Crippen LogP contribution in [-0.4, -0.2) is 9.97 Å². The number of aromatic nitrogens is 2. The van der Waals surface area contributed by atoms with Gasteiger partial charge in [0.15, 0.2) is 5.82 Å². The smallest absolute Gasteiger partial charge is 0.150 e. The van der Waals surface area contributed by atoms with E-state index in [1.807, 2.05) is 12.1 Å². The topological polar surface area (TPSA) is 77.8 Å². The minimum absolute atomic E-state index is 0.287. The highest BCUT2D eigenvalue weighted by Crippen LogP contribution is 2.26. The molecule has 0 radical (unpaired) electrons. The summed E-state index contributed by atoms with van der Waals surface area (Å²) in [4.78, 5) is 7.88. The van der Waals surface area contributed by atoms with Crippen LogP contribution in [0, 0.1) is 0 Å². The highest BCUT2D eigenvalue weighted by molar-refractivity contribution is 6.30. The molecule has 2 rings (SSSR count). The Kier molecular flexibility index (Phi) is 2.43. The summed E-state index contributed by atoms with van der Waals surface area (Å²) in [5.74, 6) is 0.287. The quantitative estimate of drug-likeness (QED) is 0.770. The largest absolute Gasteiger partial charge is 0.394 e. The summed E-state index contributed by atoms with van der Waals surface area (Å²) in [6.07, 6.45) is 1.38. The summed E-state index contributed by atoms with van der Waals surface area (Å²) in [5, 5.41) is 0.666. The zero-order chi connectivity index (χ0) is 10.8. The van der Waals surface area contributed by atoms with Crippen molar-refractivity contribution >= 4 is 23.1 Å². The van der Waals surface area contributed by atoms with Crippen molar-refractivity contribution in [3.63, 3.8) is 0 Å². The second kappa shape index (κ2) is 3.74. The van der Waals surface area contributed by atoms with E-state index in [0.29, 0.717) is 16.4 Å². The number of hydrogen-bond donors (Lipinski definition) is 2. The highest BCUT2D eigenvalue weighted by atomic mass is 35.5. The number of benzene rings is 1. The van der Waals surface area contributed by atoms with E-state index in [1.165, 1.54) is 6.33 Å². The van der Waals surface area contributed by atoms with Gasteiger partial charge in [0.1, 0.15) is 12.0 Å². The Morgan fingerprint density at radius 3 is 2.33 bits per heavy atom. The van der Waals surface area contributed by atoms with Crippen LogP contribution in [0.4, 0.5) is 11.5 Å². The van der Waals surface area contributed by atoms with E-state index in [4.69, 9.17) is 23.1 Å². The zero-order valence-electron chi connectivity index (χ0n) is 7.81. The van der Waals surface area contributed by atoms with Crippen LogP contribution in [0.5, 0.6) is 0 Å². The summed E-state index contributed by atoms with van der Waals surface area (Å²) < 4.78 is 0. The summed E-state index contributed by atoms with van der Waals surface area (Å²) in [6.45, 7) is 0. The van der Waals surface area contributed by atoms with Crippen LogP contribution < -0.4 is 11.5 Å². The highest BCUT2D eigenvalue weighted by Gasteiger charge is 2.07. The molecule has 4 nitrogen and oxygen atoms in total. The molecular formula is C10H9ClN4. The van der Waals surface area contributed by atoms with E-state index >= 15 is 0 Å². The molecule has 1 aromatic heterocycles. The maximum Gasteiger partial charge on any atom is 0.150 e. The van der Waals surface area contributed by atoms with Crippen molar-refractivity contribution in [2.75, 3.05) is 11.5 Å². The molecule has 0 bridgehead atoms. The van der Waals surface area contributed by atoms with Gasteiger partial charge in [0, 0.05) is 10.6 Å². The van der Waals surface area contributed by atoms with Gasteiger partial charge in [-0.15, -0.1) is 0 Å². The fourth-order valence-corrected chi connectivity index (χ4v) is 1.37. The number of halogens is 1. The van der Waals surface area contributed by atoms with Crippen LogP contribution in [0.3, 0.4) is 0 Å². The molecule has 76 valence electrons. The molecule has 0 unspecified atom stereocenters. The third-order valence-corrected chi connectivity index (χ3v) is 2.28. The first-order valence-corrected chi connectivity index (χ1v) is 4.68. The molecule has 1 heterocycles. The van der Waals surface area contributed by atoms with Crippen molar-refractivity contribution in [3.05, 3.63) is 35.6 Å². The first kappa shape index (κ1) is 9.73. The van der Waals surface area contributed by atoms with E-state index in [-0.39, 0.29) is 5.82 Å². The van der Waals surface area contributed by atoms with Gasteiger partial charge >= 0.3 is 0 Å². The molecule has 0 aliphatic heterocycles. The molecule has 15 heavy (non-hydrogen) atoms. The number of nitrogens with two attached hydrogens (primary N) is 2. The van der Waals surface area contributed by atoms with Gasteiger partial charge in [-0.25, -0.2) is 9.97 Å². The van der Waals surface area contributed by atoms with E-state index < -0.39 is 0 Å². The molecule has 0 aliphatic rings. The first-order valence-electron chi connectivity index (χ1n) is 4.30. The molecule has 0 amide bonds. The summed E-state index contributed by atoms with van der Waals surface area (Å²) >= 11 is 5.78. The van der Waals surface area contributed by atoms with Gasteiger partial charge < -0.3 is 11.5 Å². The average molecular weight is 221 g/mol. The van der Waals surface area contributed by atoms with Gasteiger partial charge in [0.2, 0.25) is 0 Å². The fraction of sp³-hybridized carbons (Fsp3) is 0. The predicted molar refractivity (Wildman–Crippen MR) is 61.3 cm³/mol. The summed E-state index contributed by atoms with van der Waals surface area (Å²) in [5.41, 5.74) is 13.2. The van der Waals surface area contributed by atoms with Crippen LogP contribution in [0.25, 0.3) is 11.3 Å². The molecule has 0 atom stereocenters. The maximum atomic E-state index is 5.78. The third kappa shape index (κ3) is 1.85. The van der Waals surface area contributed by atoms with Gasteiger partial charge in [-0.1, -0.05) is 23.7 Å². The van der Waals surface area contributed by atoms with Crippen molar-refractivity contribution < 1.29 is 0 Å². The van der Waals surface area contributed by atoms with Crippen molar-refractivity contribution in [3.8, 4) is 11.3 Å². The molecule has 0 spiro atoms. The van der Waals surface area contributed by atoms with Crippen LogP contribution in [0.15, 0.2) is 30.6 Å². The van der Waals surface area contributed by atoms with Crippen molar-refractivity contribution in [1.29, 1.82) is 0 Å². The minimum Gasteiger partial charge on any atom is -0.394 e. The van der Waals surface area contributed by atoms with E-state index in [9.17, 15) is 0 Å². The molecule has 2 aromatic rings. The molecule has 0 aliphatic carbocycles. The normalized spacial score (nSPS) is 10.2. The lowest BCUT2D eigenvalue weighted by atomic mass is 10.1. The predicted octanol–water partition coefficient (Wildman–Crippen LogP) is 1.96. The SMILES string of the molecule is Nc1ncnc(-c2ccc(Cl)cc2)c1N. The Hall–Kier alpha value is -1.81. The lowest BCUT2D eigenvalue weighted by molar-refractivity contribution is 1.18. The van der Waals surface area contributed by atoms with Gasteiger partial charge in [-0.2, -0.15) is 0 Å². The second-order valence-corrected chi connectivity index (χ2v) is 3.46. The molecular weight excluding hydrogens is 212 g/mol. The fourth-order valence-electron chi connectivity index (χ4n) is 1.25. The monoisotopic (exact) mass is 220 g/mol. The number of rotatable bonds is 1. The first-order chi connectivity index (χ1) is 7.18. The zero-order valence-corrected chi connectivity index (χ0v) is 8.57. The van der Waals surface area contributed by atoms with Crippen LogP contribution >= 0.6 is 11.6 Å². The molecule has 5 heteroatoms. The summed E-state index contributed by atoms with van der Waals surface area (Å²) in [6, 6.07) is 7.21. The second-order valence-electron chi connectivity index (χ2n) is 3.03. The standard InChI is InChI=1S/C10H9ClN4/c11-7-3-1-6(2-4-7)9-8(12)10(13)15-5-14-9/h1-5H,12H2,(H2,13,14,15). The average Bonchev–Trinajstić information content (AvgIpc) is 2.24. The number of anilines is 2. The Morgan fingerprint density at radius 1 is 1.00 bits per heavy atom. The Bertz CT molecular complexity index is 481. The van der Waals surface area contributed by atoms with Crippen molar-refractivity contribution in [2.24, 2.45) is 0 Å². The van der Waals surface area contributed by atoms with E-state index in [2.05, 4.69) is 9.97 Å². The Labute approximate surface area is 91.9 Å². The van der Waals surface area contributed by atoms with Gasteiger partial charge in [0.25, 0.3) is 0 Å². The van der Waals surface area contributed by atoms with Crippen molar-refractivity contribution in [2.45, 2.75) is 0 Å². The summed E-state index contributed by atoms with van der Waals surface area (Å²) in [7, 11) is 0. The number of hydrogen-bond acceptors (Lipinski definition) is 4. The molecule has 4 N–H and O–H groups in total. The molecule has 0 saturated heterocycles. The van der Waals surface area contributed by atoms with Gasteiger partial charge in [0.05, 0.1) is 5.69 Å². The third-order valence-electron chi connectivity index (χ3n) is 2.03. The number of nitrogen functional groups attached to an aromatic ring is 2. The molecule has 0 fully saturated rings. The van der Waals surface area contributed by atoms with Crippen molar-refractivity contribution in [1.82, 2.24) is 9.97 Å². The Morgan fingerprint density at radius 2 is 1.67 bits per heavy atom. The Balaban J connectivity index is 2.54. The van der Waals surface area contributed by atoms with E-state index in [0.717, 1.165) is 5.56 Å². The van der Waals surface area contributed by atoms with Crippen LogP contribution in [0.2, 0.25) is 5.02 Å². The minimum atomic E-state index is 0.287. The maximum absolute atomic E-state index is 5.78. The lowest BCUT2D eigenvalue weighted by Crippen LogP contribution is -2.01.